The van der Waals surface area contributed by atoms with Crippen LogP contribution in [-0.4, -0.2) is 27.7 Å². The zero-order chi connectivity index (χ0) is 14.7. The number of methoxy groups -OCH3 is 1. The van der Waals surface area contributed by atoms with E-state index in [-0.39, 0.29) is 0 Å². The number of benzene rings is 2. The fourth-order valence-electron chi connectivity index (χ4n) is 2.18. The maximum Gasteiger partial charge on any atom is 0.179 e. The Balaban J connectivity index is 2.10. The molecular weight excluding hydrogens is 288 g/mol. The van der Waals surface area contributed by atoms with Gasteiger partial charge in [-0.15, -0.1) is 5.10 Å². The lowest BCUT2D eigenvalue weighted by atomic mass is 9.97. The third-order valence-electron chi connectivity index (χ3n) is 3.18. The normalized spacial score (nSPS) is 10.8. The summed E-state index contributed by atoms with van der Waals surface area (Å²) in [4.78, 5) is 0. The van der Waals surface area contributed by atoms with Gasteiger partial charge in [0.05, 0.1) is 6.61 Å². The van der Waals surface area contributed by atoms with E-state index >= 15 is 0 Å². The first kappa shape index (κ1) is 13.7. The average Bonchev–Trinajstić information content (AvgIpc) is 3.03. The van der Waals surface area contributed by atoms with Crippen molar-refractivity contribution in [3.05, 3.63) is 53.1 Å². The second-order valence-electron chi connectivity index (χ2n) is 4.56. The van der Waals surface area contributed by atoms with Gasteiger partial charge >= 0.3 is 0 Å². The monoisotopic (exact) mass is 300 g/mol. The summed E-state index contributed by atoms with van der Waals surface area (Å²) in [5.74, 6) is 0.634. The van der Waals surface area contributed by atoms with Crippen LogP contribution in [0.25, 0.3) is 22.5 Å². The molecular formula is C15H13ClN4O. The first-order valence-corrected chi connectivity index (χ1v) is 6.77. The molecule has 2 aromatic carbocycles. The lowest BCUT2D eigenvalue weighted by Crippen LogP contribution is -1.94. The highest BCUT2D eigenvalue weighted by Crippen LogP contribution is 2.29. The van der Waals surface area contributed by atoms with E-state index in [0.717, 1.165) is 22.3 Å². The summed E-state index contributed by atoms with van der Waals surface area (Å²) in [6.45, 7) is 0.535. The van der Waals surface area contributed by atoms with Crippen LogP contribution in [0.5, 0.6) is 0 Å². The van der Waals surface area contributed by atoms with Gasteiger partial charge in [0.2, 0.25) is 0 Å². The van der Waals surface area contributed by atoms with E-state index in [0.29, 0.717) is 17.5 Å². The predicted octanol–water partition coefficient (Wildman–Crippen LogP) is 3.33. The summed E-state index contributed by atoms with van der Waals surface area (Å²) in [6.07, 6.45) is 0. The van der Waals surface area contributed by atoms with Gasteiger partial charge in [0.1, 0.15) is 0 Å². The molecule has 0 radical (unpaired) electrons. The number of tetrazole rings is 1. The molecule has 1 N–H and O–H groups in total. The van der Waals surface area contributed by atoms with Gasteiger partial charge in [0, 0.05) is 17.7 Å². The van der Waals surface area contributed by atoms with Crippen LogP contribution in [0.4, 0.5) is 0 Å². The lowest BCUT2D eigenvalue weighted by molar-refractivity contribution is 0.185. The molecule has 0 fully saturated rings. The van der Waals surface area contributed by atoms with Crippen LogP contribution in [0.3, 0.4) is 0 Å². The summed E-state index contributed by atoms with van der Waals surface area (Å²) >= 11 is 5.96. The molecule has 3 rings (SSSR count). The number of hydrogen-bond acceptors (Lipinski definition) is 4. The number of halogens is 1. The highest BCUT2D eigenvalue weighted by atomic mass is 35.5. The predicted molar refractivity (Wildman–Crippen MR) is 80.8 cm³/mol. The Kier molecular flexibility index (Phi) is 3.94. The average molecular weight is 301 g/mol. The number of nitrogens with zero attached hydrogens (tertiary/aromatic N) is 3. The van der Waals surface area contributed by atoms with Crippen molar-refractivity contribution in [3.8, 4) is 22.5 Å². The van der Waals surface area contributed by atoms with Gasteiger partial charge in [-0.3, -0.25) is 0 Å². The van der Waals surface area contributed by atoms with Crippen LogP contribution in [0, 0.1) is 0 Å². The number of H-pyrrole nitrogens is 1. The van der Waals surface area contributed by atoms with Gasteiger partial charge in [0.25, 0.3) is 0 Å². The summed E-state index contributed by atoms with van der Waals surface area (Å²) in [7, 11) is 1.68. The molecule has 0 spiro atoms. The fourth-order valence-corrected chi connectivity index (χ4v) is 2.31. The molecule has 1 heterocycles. The van der Waals surface area contributed by atoms with Crippen molar-refractivity contribution in [1.82, 2.24) is 20.6 Å². The van der Waals surface area contributed by atoms with E-state index in [2.05, 4.69) is 20.6 Å². The molecule has 0 atom stereocenters. The largest absolute Gasteiger partial charge is 0.380 e. The SMILES string of the molecule is COCc1ccc(-c2nnn[nH]2)cc1-c1ccc(Cl)cc1. The van der Waals surface area contributed by atoms with Crippen molar-refractivity contribution >= 4 is 11.6 Å². The van der Waals surface area contributed by atoms with Crippen molar-refractivity contribution in [1.29, 1.82) is 0 Å². The molecule has 106 valence electrons. The molecule has 0 unspecified atom stereocenters. The third kappa shape index (κ3) is 2.94. The molecule has 1 aromatic heterocycles. The molecule has 6 heteroatoms. The molecule has 0 saturated heterocycles. The number of hydrogen-bond donors (Lipinski definition) is 1. The Bertz CT molecular complexity index is 726. The number of rotatable bonds is 4. The molecule has 0 aliphatic heterocycles. The maximum absolute atomic E-state index is 5.96. The van der Waals surface area contributed by atoms with Gasteiger partial charge in [-0.2, -0.15) is 0 Å². The summed E-state index contributed by atoms with van der Waals surface area (Å²) in [6, 6.07) is 13.7. The smallest absolute Gasteiger partial charge is 0.179 e. The summed E-state index contributed by atoms with van der Waals surface area (Å²) < 4.78 is 5.27. The number of aromatic nitrogens is 4. The highest BCUT2D eigenvalue weighted by molar-refractivity contribution is 6.30. The van der Waals surface area contributed by atoms with Crippen molar-refractivity contribution in [2.45, 2.75) is 6.61 Å². The van der Waals surface area contributed by atoms with E-state index in [1.54, 1.807) is 7.11 Å². The van der Waals surface area contributed by atoms with Crippen molar-refractivity contribution in [3.63, 3.8) is 0 Å². The highest BCUT2D eigenvalue weighted by Gasteiger charge is 2.09. The van der Waals surface area contributed by atoms with Crippen LogP contribution >= 0.6 is 11.6 Å². The Hall–Kier alpha value is -2.24. The zero-order valence-corrected chi connectivity index (χ0v) is 12.1. The van der Waals surface area contributed by atoms with E-state index < -0.39 is 0 Å². The van der Waals surface area contributed by atoms with Gasteiger partial charge in [-0.1, -0.05) is 35.9 Å². The minimum atomic E-state index is 0.535. The molecule has 0 aliphatic rings. The molecule has 0 aliphatic carbocycles. The summed E-state index contributed by atoms with van der Waals surface area (Å²) in [5.41, 5.74) is 4.16. The standard InChI is InChI=1S/C15H13ClN4O/c1-21-9-12-3-2-11(15-17-19-20-18-15)8-14(12)10-4-6-13(16)7-5-10/h2-8H,9H2,1H3,(H,17,18,19,20). The van der Waals surface area contributed by atoms with Crippen LogP contribution in [-0.2, 0) is 11.3 Å². The zero-order valence-electron chi connectivity index (χ0n) is 11.4. The molecule has 5 nitrogen and oxygen atoms in total. The van der Waals surface area contributed by atoms with Gasteiger partial charge < -0.3 is 4.74 Å². The summed E-state index contributed by atoms with van der Waals surface area (Å²) in [5, 5.41) is 14.6. The first-order chi connectivity index (χ1) is 10.3. The number of aromatic amines is 1. The fraction of sp³-hybridized carbons (Fsp3) is 0.133. The minimum absolute atomic E-state index is 0.535. The van der Waals surface area contributed by atoms with Gasteiger partial charge in [0.15, 0.2) is 5.82 Å². The quantitative estimate of drug-likeness (QED) is 0.802. The van der Waals surface area contributed by atoms with Crippen molar-refractivity contribution < 1.29 is 4.74 Å². The van der Waals surface area contributed by atoms with Gasteiger partial charge in [-0.05, 0) is 45.3 Å². The topological polar surface area (TPSA) is 63.7 Å². The lowest BCUT2D eigenvalue weighted by Gasteiger charge is -2.11. The van der Waals surface area contributed by atoms with Crippen molar-refractivity contribution in [2.24, 2.45) is 0 Å². The number of nitrogens with one attached hydrogen (secondary N) is 1. The van der Waals surface area contributed by atoms with Gasteiger partial charge in [-0.25, -0.2) is 5.10 Å². The molecule has 0 saturated carbocycles. The third-order valence-corrected chi connectivity index (χ3v) is 3.44. The van der Waals surface area contributed by atoms with Crippen LogP contribution in [0.2, 0.25) is 5.02 Å². The number of ether oxygens (including phenoxy) is 1. The van der Waals surface area contributed by atoms with E-state index in [4.69, 9.17) is 16.3 Å². The van der Waals surface area contributed by atoms with E-state index in [9.17, 15) is 0 Å². The Labute approximate surface area is 126 Å². The Morgan fingerprint density at radius 3 is 2.52 bits per heavy atom. The van der Waals surface area contributed by atoms with E-state index in [1.165, 1.54) is 0 Å². The minimum Gasteiger partial charge on any atom is -0.380 e. The van der Waals surface area contributed by atoms with Crippen LogP contribution in [0.1, 0.15) is 5.56 Å². The first-order valence-electron chi connectivity index (χ1n) is 6.40. The molecule has 3 aromatic rings. The second kappa shape index (κ2) is 6.03. The molecule has 21 heavy (non-hydrogen) atoms. The second-order valence-corrected chi connectivity index (χ2v) is 5.00. The maximum atomic E-state index is 5.96. The molecule has 0 bridgehead atoms. The van der Waals surface area contributed by atoms with Crippen LogP contribution in [0.15, 0.2) is 42.5 Å². The molecule has 0 amide bonds. The Morgan fingerprint density at radius 1 is 1.10 bits per heavy atom. The van der Waals surface area contributed by atoms with E-state index in [1.807, 2.05) is 42.5 Å². The van der Waals surface area contributed by atoms with Crippen LogP contribution < -0.4 is 0 Å². The Morgan fingerprint density at radius 2 is 1.86 bits per heavy atom. The van der Waals surface area contributed by atoms with Crippen molar-refractivity contribution in [2.75, 3.05) is 7.11 Å².